The molecule has 0 saturated carbocycles. The normalized spacial score (nSPS) is 17.4. The van der Waals surface area contributed by atoms with Crippen molar-refractivity contribution in [3.8, 4) is 0 Å². The van der Waals surface area contributed by atoms with Crippen molar-refractivity contribution < 1.29 is 9.90 Å². The highest BCUT2D eigenvalue weighted by molar-refractivity contribution is 5.76. The Hall–Kier alpha value is -0.570. The maximum absolute atomic E-state index is 11.9. The van der Waals surface area contributed by atoms with Crippen LogP contribution in [0.2, 0.25) is 0 Å². The van der Waals surface area contributed by atoms with Gasteiger partial charge in [-0.05, 0) is 12.8 Å². The number of unbranched alkanes of at least 4 members (excludes halogenated alkanes) is 14. The van der Waals surface area contributed by atoms with Crippen molar-refractivity contribution in [2.24, 2.45) is 0 Å². The Morgan fingerprint density at radius 2 is 1.24 bits per heavy atom. The summed E-state index contributed by atoms with van der Waals surface area (Å²) in [5, 5.41) is 9.46. The third-order valence-corrected chi connectivity index (χ3v) is 5.51. The van der Waals surface area contributed by atoms with Crippen molar-refractivity contribution in [3.63, 3.8) is 0 Å². The van der Waals surface area contributed by atoms with Crippen LogP contribution in [0.5, 0.6) is 0 Å². The number of hydrogen-bond donors (Lipinski definition) is 1. The van der Waals surface area contributed by atoms with Crippen LogP contribution in [-0.2, 0) is 4.79 Å². The van der Waals surface area contributed by atoms with Gasteiger partial charge in [0.2, 0.25) is 5.91 Å². The third-order valence-electron chi connectivity index (χ3n) is 5.51. The molecule has 1 rings (SSSR count). The SMILES string of the molecule is CCCCCCCCCCCCCCCCCC(=O)N1CC[C@H](O)C1. The van der Waals surface area contributed by atoms with Crippen LogP contribution >= 0.6 is 0 Å². The van der Waals surface area contributed by atoms with E-state index in [4.69, 9.17) is 0 Å². The maximum Gasteiger partial charge on any atom is 0.222 e. The van der Waals surface area contributed by atoms with Crippen molar-refractivity contribution in [3.05, 3.63) is 0 Å². The van der Waals surface area contributed by atoms with E-state index in [-0.39, 0.29) is 12.0 Å². The first kappa shape index (κ1) is 22.5. The Bertz CT molecular complexity index is 319. The number of aliphatic hydroxyl groups is 1. The summed E-state index contributed by atoms with van der Waals surface area (Å²) in [6.45, 7) is 3.58. The number of β-amino-alcohol motifs (C(OH)–C–C–N with tert-alkyl or cyclic N) is 1. The Morgan fingerprint density at radius 1 is 0.800 bits per heavy atom. The molecule has 1 aliphatic heterocycles. The first-order valence-electron chi connectivity index (χ1n) is 11.2. The molecule has 1 amide bonds. The van der Waals surface area contributed by atoms with E-state index < -0.39 is 0 Å². The molecule has 0 aromatic heterocycles. The van der Waals surface area contributed by atoms with Gasteiger partial charge in [0.25, 0.3) is 0 Å². The van der Waals surface area contributed by atoms with Gasteiger partial charge in [0.05, 0.1) is 6.10 Å². The number of hydrogen-bond acceptors (Lipinski definition) is 2. The van der Waals surface area contributed by atoms with E-state index in [1.165, 1.54) is 89.9 Å². The lowest BCUT2D eigenvalue weighted by atomic mass is 10.0. The minimum absolute atomic E-state index is 0.242. The number of carbonyl (C=O) groups excluding carboxylic acids is 1. The summed E-state index contributed by atoms with van der Waals surface area (Å²) < 4.78 is 0. The lowest BCUT2D eigenvalue weighted by Crippen LogP contribution is -2.29. The first-order chi connectivity index (χ1) is 12.2. The minimum Gasteiger partial charge on any atom is -0.391 e. The lowest BCUT2D eigenvalue weighted by Gasteiger charge is -2.15. The molecule has 0 aliphatic carbocycles. The second-order valence-electron chi connectivity index (χ2n) is 7.98. The molecule has 1 N–H and O–H groups in total. The van der Waals surface area contributed by atoms with Gasteiger partial charge in [0.15, 0.2) is 0 Å². The van der Waals surface area contributed by atoms with Crippen LogP contribution in [0.15, 0.2) is 0 Å². The summed E-state index contributed by atoms with van der Waals surface area (Å²) >= 11 is 0. The molecule has 3 heteroatoms. The van der Waals surface area contributed by atoms with Crippen LogP contribution in [0.25, 0.3) is 0 Å². The van der Waals surface area contributed by atoms with Crippen LogP contribution in [-0.4, -0.2) is 35.1 Å². The molecule has 25 heavy (non-hydrogen) atoms. The molecule has 0 spiro atoms. The van der Waals surface area contributed by atoms with Gasteiger partial charge in [-0.15, -0.1) is 0 Å². The van der Waals surface area contributed by atoms with Crippen molar-refractivity contribution >= 4 is 5.91 Å². The Balaban J connectivity index is 1.74. The molecule has 0 radical (unpaired) electrons. The fourth-order valence-electron chi connectivity index (χ4n) is 3.77. The van der Waals surface area contributed by atoms with Crippen LogP contribution in [0.1, 0.15) is 116 Å². The average molecular weight is 354 g/mol. The number of likely N-dealkylation sites (tertiary alicyclic amines) is 1. The molecule has 0 aromatic carbocycles. The largest absolute Gasteiger partial charge is 0.391 e. The van der Waals surface area contributed by atoms with Crippen molar-refractivity contribution in [2.45, 2.75) is 122 Å². The molecule has 1 atom stereocenters. The van der Waals surface area contributed by atoms with E-state index in [9.17, 15) is 9.90 Å². The second-order valence-corrected chi connectivity index (χ2v) is 7.98. The molecule has 1 heterocycles. The van der Waals surface area contributed by atoms with E-state index in [1.54, 1.807) is 0 Å². The number of amides is 1. The third kappa shape index (κ3) is 12.4. The quantitative estimate of drug-likeness (QED) is 0.354. The predicted octanol–water partition coefficient (Wildman–Crippen LogP) is 5.84. The van der Waals surface area contributed by atoms with Crippen LogP contribution in [0.3, 0.4) is 0 Å². The van der Waals surface area contributed by atoms with Gasteiger partial charge in [-0.25, -0.2) is 0 Å². The molecule has 1 aliphatic rings. The predicted molar refractivity (Wildman–Crippen MR) is 107 cm³/mol. The smallest absolute Gasteiger partial charge is 0.222 e. The minimum atomic E-state index is -0.287. The van der Waals surface area contributed by atoms with Gasteiger partial charge < -0.3 is 10.0 Å². The standard InChI is InChI=1S/C22H43NO2/c1-2-3-4-5-6-7-8-9-10-11-12-13-14-15-16-17-22(25)23-19-18-21(24)20-23/h21,24H,2-20H2,1H3/t21-/m0/s1. The maximum atomic E-state index is 11.9. The number of carbonyl (C=O) groups is 1. The highest BCUT2D eigenvalue weighted by Gasteiger charge is 2.23. The fourth-order valence-corrected chi connectivity index (χ4v) is 3.77. The average Bonchev–Trinajstić information content (AvgIpc) is 3.04. The first-order valence-corrected chi connectivity index (χ1v) is 11.2. The van der Waals surface area contributed by atoms with E-state index in [2.05, 4.69) is 6.92 Å². The molecular weight excluding hydrogens is 310 g/mol. The number of nitrogens with zero attached hydrogens (tertiary/aromatic N) is 1. The second kappa shape index (κ2) is 15.7. The zero-order valence-corrected chi connectivity index (χ0v) is 16.8. The summed E-state index contributed by atoms with van der Waals surface area (Å²) in [5.41, 5.74) is 0. The van der Waals surface area contributed by atoms with Crippen LogP contribution < -0.4 is 0 Å². The van der Waals surface area contributed by atoms with E-state index >= 15 is 0 Å². The molecule has 0 aromatic rings. The Morgan fingerprint density at radius 3 is 1.64 bits per heavy atom. The number of rotatable bonds is 16. The summed E-state index contributed by atoms with van der Waals surface area (Å²) in [4.78, 5) is 13.8. The van der Waals surface area contributed by atoms with E-state index in [0.29, 0.717) is 13.0 Å². The van der Waals surface area contributed by atoms with Crippen molar-refractivity contribution in [1.29, 1.82) is 0 Å². The van der Waals surface area contributed by atoms with Crippen LogP contribution in [0.4, 0.5) is 0 Å². The van der Waals surface area contributed by atoms with E-state index in [0.717, 1.165) is 19.4 Å². The van der Waals surface area contributed by atoms with Gasteiger partial charge in [-0.1, -0.05) is 96.8 Å². The Labute approximate surface area is 156 Å². The van der Waals surface area contributed by atoms with Crippen LogP contribution in [0, 0.1) is 0 Å². The summed E-state index contributed by atoms with van der Waals surface area (Å²) in [6.07, 6.45) is 21.5. The zero-order chi connectivity index (χ0) is 18.2. The zero-order valence-electron chi connectivity index (χ0n) is 16.8. The molecule has 0 bridgehead atoms. The van der Waals surface area contributed by atoms with Crippen molar-refractivity contribution in [1.82, 2.24) is 4.90 Å². The summed E-state index contributed by atoms with van der Waals surface area (Å²) in [7, 11) is 0. The molecule has 1 saturated heterocycles. The van der Waals surface area contributed by atoms with Gasteiger partial charge in [-0.3, -0.25) is 4.79 Å². The van der Waals surface area contributed by atoms with Crippen molar-refractivity contribution in [2.75, 3.05) is 13.1 Å². The number of aliphatic hydroxyl groups excluding tert-OH is 1. The lowest BCUT2D eigenvalue weighted by molar-refractivity contribution is -0.130. The van der Waals surface area contributed by atoms with E-state index in [1.807, 2.05) is 4.90 Å². The van der Waals surface area contributed by atoms with Gasteiger partial charge in [0.1, 0.15) is 0 Å². The summed E-state index contributed by atoms with van der Waals surface area (Å²) in [6, 6.07) is 0. The molecule has 1 fully saturated rings. The molecule has 0 unspecified atom stereocenters. The topological polar surface area (TPSA) is 40.5 Å². The van der Waals surface area contributed by atoms with Gasteiger partial charge >= 0.3 is 0 Å². The van der Waals surface area contributed by atoms with Gasteiger partial charge in [-0.2, -0.15) is 0 Å². The van der Waals surface area contributed by atoms with Gasteiger partial charge in [0, 0.05) is 19.5 Å². The fraction of sp³-hybridized carbons (Fsp3) is 0.955. The molecule has 3 nitrogen and oxygen atoms in total. The molecular formula is C22H43NO2. The Kier molecular flexibility index (Phi) is 14.1. The monoisotopic (exact) mass is 353 g/mol. The molecule has 148 valence electrons. The summed E-state index contributed by atoms with van der Waals surface area (Å²) in [5.74, 6) is 0.242. The highest BCUT2D eigenvalue weighted by atomic mass is 16.3. The highest BCUT2D eigenvalue weighted by Crippen LogP contribution is 2.15.